The molecule has 0 aromatic rings. The Kier molecular flexibility index (Phi) is 8.59. The van der Waals surface area contributed by atoms with Crippen molar-refractivity contribution in [1.29, 1.82) is 0 Å². The topological polar surface area (TPSA) is 43.1 Å². The van der Waals surface area contributed by atoms with E-state index in [1.165, 1.54) is 32.1 Å². The van der Waals surface area contributed by atoms with Gasteiger partial charge in [0, 0.05) is 18.3 Å². The molecule has 0 aromatic heterocycles. The molecule has 3 nitrogen and oxygen atoms in total. The molecule has 0 aliphatic rings. The fourth-order valence-corrected chi connectivity index (χ4v) is 1.50. The van der Waals surface area contributed by atoms with Crippen LogP contribution in [0.3, 0.4) is 0 Å². The lowest BCUT2D eigenvalue weighted by molar-refractivity contribution is -0.519. The summed E-state index contributed by atoms with van der Waals surface area (Å²) >= 11 is 0. The van der Waals surface area contributed by atoms with Gasteiger partial charge in [0.2, 0.25) is 6.04 Å². The van der Waals surface area contributed by atoms with Gasteiger partial charge in [-0.1, -0.05) is 45.4 Å². The fourth-order valence-electron chi connectivity index (χ4n) is 1.50. The predicted molar refractivity (Wildman–Crippen MR) is 59.1 cm³/mol. The molecule has 0 bridgehead atoms. The normalized spacial score (nSPS) is 12.7. The Morgan fingerprint density at radius 2 is 1.57 bits per heavy atom. The highest BCUT2D eigenvalue weighted by Gasteiger charge is 2.10. The van der Waals surface area contributed by atoms with Gasteiger partial charge in [-0.3, -0.25) is 10.1 Å². The van der Waals surface area contributed by atoms with E-state index >= 15 is 0 Å². The van der Waals surface area contributed by atoms with Gasteiger partial charge in [-0.2, -0.15) is 0 Å². The first-order chi connectivity index (χ1) is 6.68. The SMILES string of the molecule is CCCCCCCCCC(C)[N+](=O)[O-]. The molecule has 84 valence electrons. The number of hydrogen-bond acceptors (Lipinski definition) is 2. The van der Waals surface area contributed by atoms with E-state index in [0.717, 1.165) is 19.3 Å². The second kappa shape index (κ2) is 8.97. The Hall–Kier alpha value is -0.600. The molecule has 0 fully saturated rings. The molecule has 0 rings (SSSR count). The number of unbranched alkanes of at least 4 members (excludes halogenated alkanes) is 6. The van der Waals surface area contributed by atoms with Gasteiger partial charge < -0.3 is 0 Å². The largest absolute Gasteiger partial charge is 0.264 e. The third-order valence-electron chi connectivity index (χ3n) is 2.59. The number of hydrogen-bond donors (Lipinski definition) is 0. The molecule has 0 N–H and O–H groups in total. The van der Waals surface area contributed by atoms with E-state index in [1.807, 2.05) is 0 Å². The maximum Gasteiger partial charge on any atom is 0.210 e. The van der Waals surface area contributed by atoms with E-state index in [0.29, 0.717) is 0 Å². The van der Waals surface area contributed by atoms with E-state index in [2.05, 4.69) is 6.92 Å². The lowest BCUT2D eigenvalue weighted by atomic mass is 10.1. The van der Waals surface area contributed by atoms with Crippen molar-refractivity contribution >= 4 is 0 Å². The third-order valence-corrected chi connectivity index (χ3v) is 2.59. The van der Waals surface area contributed by atoms with Crippen molar-refractivity contribution in [3.8, 4) is 0 Å². The van der Waals surface area contributed by atoms with Crippen LogP contribution in [0, 0.1) is 10.1 Å². The molecule has 14 heavy (non-hydrogen) atoms. The Morgan fingerprint density at radius 1 is 1.07 bits per heavy atom. The highest BCUT2D eigenvalue weighted by Crippen LogP contribution is 2.10. The number of rotatable bonds is 9. The Morgan fingerprint density at radius 3 is 2.07 bits per heavy atom. The van der Waals surface area contributed by atoms with Crippen LogP contribution in [0.4, 0.5) is 0 Å². The molecule has 0 heterocycles. The van der Waals surface area contributed by atoms with E-state index < -0.39 is 0 Å². The van der Waals surface area contributed by atoms with E-state index in [9.17, 15) is 10.1 Å². The molecule has 0 aromatic carbocycles. The summed E-state index contributed by atoms with van der Waals surface area (Å²) in [6, 6.07) is -0.356. The molecule has 0 saturated carbocycles. The molecule has 0 aliphatic heterocycles. The van der Waals surface area contributed by atoms with E-state index in [-0.39, 0.29) is 11.0 Å². The molecule has 0 saturated heterocycles. The number of nitrogens with zero attached hydrogens (tertiary/aromatic N) is 1. The standard InChI is InChI=1S/C11H23NO2/c1-3-4-5-6-7-8-9-10-11(2)12(13)14/h11H,3-10H2,1-2H3. The summed E-state index contributed by atoms with van der Waals surface area (Å²) in [5, 5.41) is 10.3. The van der Waals surface area contributed by atoms with Gasteiger partial charge in [0.1, 0.15) is 0 Å². The second-order valence-corrected chi connectivity index (χ2v) is 4.04. The minimum Gasteiger partial charge on any atom is -0.264 e. The molecule has 0 radical (unpaired) electrons. The van der Waals surface area contributed by atoms with Crippen molar-refractivity contribution < 1.29 is 4.92 Å². The Bertz CT molecular complexity index is 148. The Labute approximate surface area is 87.0 Å². The maximum absolute atomic E-state index is 10.3. The van der Waals surface area contributed by atoms with E-state index in [4.69, 9.17) is 0 Å². The van der Waals surface area contributed by atoms with Crippen LogP contribution in [-0.4, -0.2) is 11.0 Å². The molecular formula is C11H23NO2. The van der Waals surface area contributed by atoms with Crippen molar-refractivity contribution in [2.24, 2.45) is 0 Å². The van der Waals surface area contributed by atoms with E-state index in [1.54, 1.807) is 6.92 Å². The van der Waals surface area contributed by atoms with Gasteiger partial charge in [-0.15, -0.1) is 0 Å². The second-order valence-electron chi connectivity index (χ2n) is 4.04. The average molecular weight is 201 g/mol. The first kappa shape index (κ1) is 13.4. The summed E-state index contributed by atoms with van der Waals surface area (Å²) in [7, 11) is 0. The molecule has 3 heteroatoms. The zero-order chi connectivity index (χ0) is 10.8. The fraction of sp³-hybridized carbons (Fsp3) is 1.00. The van der Waals surface area contributed by atoms with Gasteiger partial charge in [0.05, 0.1) is 0 Å². The predicted octanol–water partition coefficient (Wildman–Crippen LogP) is 3.79. The van der Waals surface area contributed by atoms with Crippen molar-refractivity contribution in [1.82, 2.24) is 0 Å². The van der Waals surface area contributed by atoms with Crippen LogP contribution < -0.4 is 0 Å². The van der Waals surface area contributed by atoms with Crippen LogP contribution in [0.1, 0.15) is 65.2 Å². The smallest absolute Gasteiger partial charge is 0.210 e. The first-order valence-corrected chi connectivity index (χ1v) is 5.82. The minimum absolute atomic E-state index is 0.183. The summed E-state index contributed by atoms with van der Waals surface area (Å²) in [6.45, 7) is 3.90. The highest BCUT2D eigenvalue weighted by molar-refractivity contribution is 4.50. The van der Waals surface area contributed by atoms with Crippen LogP contribution in [0.25, 0.3) is 0 Å². The van der Waals surface area contributed by atoms with Crippen molar-refractivity contribution in [3.05, 3.63) is 10.1 Å². The van der Waals surface area contributed by atoms with Gasteiger partial charge in [0.15, 0.2) is 0 Å². The van der Waals surface area contributed by atoms with Gasteiger partial charge in [0.25, 0.3) is 0 Å². The van der Waals surface area contributed by atoms with Gasteiger partial charge >= 0.3 is 0 Å². The zero-order valence-corrected chi connectivity index (χ0v) is 9.50. The highest BCUT2D eigenvalue weighted by atomic mass is 16.6. The molecule has 0 aliphatic carbocycles. The lowest BCUT2D eigenvalue weighted by Gasteiger charge is -2.03. The summed E-state index contributed by atoms with van der Waals surface area (Å²) in [4.78, 5) is 10.1. The summed E-state index contributed by atoms with van der Waals surface area (Å²) in [5.74, 6) is 0. The van der Waals surface area contributed by atoms with Crippen molar-refractivity contribution in [2.45, 2.75) is 71.3 Å². The zero-order valence-electron chi connectivity index (χ0n) is 9.50. The maximum atomic E-state index is 10.3. The van der Waals surface area contributed by atoms with Crippen molar-refractivity contribution in [3.63, 3.8) is 0 Å². The van der Waals surface area contributed by atoms with Crippen LogP contribution in [-0.2, 0) is 0 Å². The van der Waals surface area contributed by atoms with Gasteiger partial charge in [-0.25, -0.2) is 0 Å². The number of nitro groups is 1. The Balaban J connectivity index is 3.09. The van der Waals surface area contributed by atoms with Crippen LogP contribution in [0.5, 0.6) is 0 Å². The molecule has 1 atom stereocenters. The first-order valence-electron chi connectivity index (χ1n) is 5.82. The summed E-state index contributed by atoms with van der Waals surface area (Å²) < 4.78 is 0. The third kappa shape index (κ3) is 8.02. The van der Waals surface area contributed by atoms with Crippen LogP contribution >= 0.6 is 0 Å². The monoisotopic (exact) mass is 201 g/mol. The molecule has 0 amide bonds. The molecule has 1 unspecified atom stereocenters. The van der Waals surface area contributed by atoms with Crippen molar-refractivity contribution in [2.75, 3.05) is 0 Å². The minimum atomic E-state index is -0.356. The van der Waals surface area contributed by atoms with Crippen LogP contribution in [0.15, 0.2) is 0 Å². The quantitative estimate of drug-likeness (QED) is 0.323. The average Bonchev–Trinajstić information content (AvgIpc) is 2.16. The summed E-state index contributed by atoms with van der Waals surface area (Å²) in [5.41, 5.74) is 0. The molecular weight excluding hydrogens is 178 g/mol. The van der Waals surface area contributed by atoms with Gasteiger partial charge in [-0.05, 0) is 6.42 Å². The lowest BCUT2D eigenvalue weighted by Crippen LogP contribution is -2.14. The molecule has 0 spiro atoms. The summed E-state index contributed by atoms with van der Waals surface area (Å²) in [6.07, 6.45) is 9.35. The van der Waals surface area contributed by atoms with Crippen LogP contribution in [0.2, 0.25) is 0 Å².